The Morgan fingerprint density at radius 1 is 1.10 bits per heavy atom. The molecule has 1 heteroatoms. The predicted molar refractivity (Wildman–Crippen MR) is 86.8 cm³/mol. The minimum absolute atomic E-state index is 0.300. The third-order valence-corrected chi connectivity index (χ3v) is 3.45. The smallest absolute Gasteiger partial charge is 0.0431 e. The first kappa shape index (κ1) is 16.8. The topological polar surface area (TPSA) is 20.2 Å². The zero-order valence-electron chi connectivity index (χ0n) is 12.8. The average Bonchev–Trinajstić information content (AvgIpc) is 2.50. The third-order valence-electron chi connectivity index (χ3n) is 3.45. The molecule has 0 saturated carbocycles. The minimum Gasteiger partial charge on any atom is -0.396 e. The highest BCUT2D eigenvalue weighted by Crippen LogP contribution is 2.14. The fraction of sp³-hybridized carbons (Fsp3) is 0.526. The van der Waals surface area contributed by atoms with Gasteiger partial charge in [0.1, 0.15) is 0 Å². The number of benzene rings is 1. The van der Waals surface area contributed by atoms with E-state index >= 15 is 0 Å². The lowest BCUT2D eigenvalue weighted by Gasteiger charge is -2.04. The van der Waals surface area contributed by atoms with E-state index in [1.165, 1.54) is 30.4 Å². The molecule has 1 N–H and O–H groups in total. The van der Waals surface area contributed by atoms with Crippen LogP contribution in [0.4, 0.5) is 0 Å². The van der Waals surface area contributed by atoms with Crippen LogP contribution in [0.1, 0.15) is 57.4 Å². The van der Waals surface area contributed by atoms with Crippen LogP contribution in [-0.2, 0) is 6.42 Å². The lowest BCUT2D eigenvalue weighted by atomic mass is 10.0. The molecule has 0 aromatic heterocycles. The Morgan fingerprint density at radius 2 is 1.90 bits per heavy atom. The first-order chi connectivity index (χ1) is 9.86. The number of aliphatic hydroxyl groups is 1. The van der Waals surface area contributed by atoms with Crippen LogP contribution >= 0.6 is 0 Å². The van der Waals surface area contributed by atoms with Crippen molar-refractivity contribution in [2.45, 2.75) is 58.3 Å². The monoisotopic (exact) mass is 272 g/mol. The van der Waals surface area contributed by atoms with E-state index in [0.717, 1.165) is 32.1 Å². The van der Waals surface area contributed by atoms with E-state index in [1.807, 2.05) is 0 Å². The number of hydrogen-bond acceptors (Lipinski definition) is 1. The summed E-state index contributed by atoms with van der Waals surface area (Å²) >= 11 is 0. The van der Waals surface area contributed by atoms with Gasteiger partial charge in [0.25, 0.3) is 0 Å². The lowest BCUT2D eigenvalue weighted by Crippen LogP contribution is -1.89. The van der Waals surface area contributed by atoms with Gasteiger partial charge in [0.2, 0.25) is 0 Å². The Morgan fingerprint density at radius 3 is 2.60 bits per heavy atom. The largest absolute Gasteiger partial charge is 0.396 e. The summed E-state index contributed by atoms with van der Waals surface area (Å²) in [6.45, 7) is 2.54. The van der Waals surface area contributed by atoms with Gasteiger partial charge in [0, 0.05) is 6.61 Å². The number of rotatable bonds is 10. The molecule has 0 heterocycles. The van der Waals surface area contributed by atoms with Crippen molar-refractivity contribution in [1.82, 2.24) is 0 Å². The summed E-state index contributed by atoms with van der Waals surface area (Å²) in [5, 5.41) is 8.76. The van der Waals surface area contributed by atoms with Crippen molar-refractivity contribution < 1.29 is 5.11 Å². The second-order valence-corrected chi connectivity index (χ2v) is 5.26. The molecule has 0 bridgehead atoms. The molecule has 20 heavy (non-hydrogen) atoms. The van der Waals surface area contributed by atoms with Gasteiger partial charge >= 0.3 is 0 Å². The van der Waals surface area contributed by atoms with Crippen LogP contribution in [0.5, 0.6) is 0 Å². The Kier molecular flexibility index (Phi) is 9.65. The van der Waals surface area contributed by atoms with Gasteiger partial charge in [0.05, 0.1) is 0 Å². The molecule has 0 radical (unpaired) electrons. The van der Waals surface area contributed by atoms with Crippen LogP contribution in [0.2, 0.25) is 0 Å². The van der Waals surface area contributed by atoms with Crippen LogP contribution in [-0.4, -0.2) is 11.7 Å². The molecule has 0 amide bonds. The third kappa shape index (κ3) is 7.99. The van der Waals surface area contributed by atoms with Crippen molar-refractivity contribution in [1.29, 1.82) is 0 Å². The Labute approximate surface area is 124 Å². The number of aryl methyl sites for hydroxylation is 1. The molecule has 1 nitrogen and oxygen atoms in total. The molecule has 0 aliphatic carbocycles. The van der Waals surface area contributed by atoms with Gasteiger partial charge in [-0.25, -0.2) is 0 Å². The fourth-order valence-corrected chi connectivity index (χ4v) is 2.17. The maximum absolute atomic E-state index is 8.76. The first-order valence-electron chi connectivity index (χ1n) is 7.94. The van der Waals surface area contributed by atoms with Gasteiger partial charge in [-0.15, -0.1) is 5.73 Å². The van der Waals surface area contributed by atoms with Crippen molar-refractivity contribution in [3.63, 3.8) is 0 Å². The van der Waals surface area contributed by atoms with Gasteiger partial charge in [0.15, 0.2) is 0 Å². The highest BCUT2D eigenvalue weighted by molar-refractivity contribution is 5.16. The van der Waals surface area contributed by atoms with E-state index in [1.54, 1.807) is 0 Å². The predicted octanol–water partition coefficient (Wildman–Crippen LogP) is 5.05. The lowest BCUT2D eigenvalue weighted by molar-refractivity contribution is 0.285. The molecule has 0 atom stereocenters. The van der Waals surface area contributed by atoms with Crippen LogP contribution < -0.4 is 0 Å². The fourth-order valence-electron chi connectivity index (χ4n) is 2.17. The van der Waals surface area contributed by atoms with Crippen molar-refractivity contribution in [3.05, 3.63) is 53.3 Å². The van der Waals surface area contributed by atoms with Crippen LogP contribution in [0.3, 0.4) is 0 Å². The van der Waals surface area contributed by atoms with Crippen molar-refractivity contribution in [2.24, 2.45) is 0 Å². The highest BCUT2D eigenvalue weighted by Gasteiger charge is 1.98. The molecule has 0 spiro atoms. The second kappa shape index (κ2) is 11.5. The molecular weight excluding hydrogens is 244 g/mol. The summed E-state index contributed by atoms with van der Waals surface area (Å²) in [5.74, 6) is 0. The van der Waals surface area contributed by atoms with Crippen molar-refractivity contribution in [2.75, 3.05) is 6.61 Å². The van der Waals surface area contributed by atoms with Gasteiger partial charge < -0.3 is 5.11 Å². The molecular formula is C19H28O. The zero-order chi connectivity index (χ0) is 14.5. The molecule has 1 aromatic carbocycles. The summed E-state index contributed by atoms with van der Waals surface area (Å²) in [6.07, 6.45) is 11.0. The van der Waals surface area contributed by atoms with E-state index in [2.05, 4.69) is 49.1 Å². The minimum atomic E-state index is 0.300. The second-order valence-electron chi connectivity index (χ2n) is 5.26. The van der Waals surface area contributed by atoms with Crippen LogP contribution in [0.15, 0.2) is 47.7 Å². The Balaban J connectivity index is 2.48. The van der Waals surface area contributed by atoms with E-state index in [-0.39, 0.29) is 0 Å². The summed E-state index contributed by atoms with van der Waals surface area (Å²) < 4.78 is 0. The van der Waals surface area contributed by atoms with E-state index in [9.17, 15) is 0 Å². The summed E-state index contributed by atoms with van der Waals surface area (Å²) in [4.78, 5) is 0. The maximum atomic E-state index is 8.76. The molecule has 1 rings (SSSR count). The Hall–Kier alpha value is -1.30. The van der Waals surface area contributed by atoms with Crippen molar-refractivity contribution >= 4 is 0 Å². The maximum Gasteiger partial charge on any atom is 0.0431 e. The molecule has 0 aliphatic rings. The quantitative estimate of drug-likeness (QED) is 0.466. The van der Waals surface area contributed by atoms with E-state index in [4.69, 9.17) is 5.11 Å². The van der Waals surface area contributed by atoms with Gasteiger partial charge in [-0.05, 0) is 62.2 Å². The van der Waals surface area contributed by atoms with Gasteiger partial charge in [-0.2, -0.15) is 0 Å². The van der Waals surface area contributed by atoms with Gasteiger partial charge in [-0.1, -0.05) is 43.7 Å². The first-order valence-corrected chi connectivity index (χ1v) is 7.94. The number of aliphatic hydroxyl groups excluding tert-OH is 1. The zero-order valence-corrected chi connectivity index (χ0v) is 12.8. The molecule has 110 valence electrons. The summed E-state index contributed by atoms with van der Waals surface area (Å²) in [7, 11) is 0. The number of hydrogen-bond donors (Lipinski definition) is 1. The summed E-state index contributed by atoms with van der Waals surface area (Å²) in [6, 6.07) is 10.7. The molecule has 0 fully saturated rings. The molecule has 0 saturated heterocycles. The SMILES string of the molecule is CCCCC(=C=CCCCCO)CCc1ccccc1. The molecule has 0 aliphatic heterocycles. The normalized spacial score (nSPS) is 10.1. The van der Waals surface area contributed by atoms with E-state index < -0.39 is 0 Å². The van der Waals surface area contributed by atoms with Crippen molar-refractivity contribution in [3.8, 4) is 0 Å². The average molecular weight is 272 g/mol. The van der Waals surface area contributed by atoms with Gasteiger partial charge in [-0.3, -0.25) is 0 Å². The molecule has 1 aromatic rings. The Bertz CT molecular complexity index is 399. The number of allylic oxidation sites excluding steroid dienone is 1. The standard InChI is InChI=1S/C19H28O/c1-2-3-11-18(12-7-4-5-10-17-20)15-16-19-13-8-6-9-14-19/h6-9,13-14,20H,2-5,10-11,15-17H2,1H3. The van der Waals surface area contributed by atoms with Crippen LogP contribution in [0, 0.1) is 0 Å². The summed E-state index contributed by atoms with van der Waals surface area (Å²) in [5.41, 5.74) is 6.34. The van der Waals surface area contributed by atoms with Crippen LogP contribution in [0.25, 0.3) is 0 Å². The van der Waals surface area contributed by atoms with E-state index in [0.29, 0.717) is 6.61 Å². The molecule has 0 unspecified atom stereocenters. The highest BCUT2D eigenvalue weighted by atomic mass is 16.2. The number of unbranched alkanes of at least 4 members (excludes halogenated alkanes) is 3.